The van der Waals surface area contributed by atoms with Crippen molar-refractivity contribution in [3.05, 3.63) is 0 Å². The maximum atomic E-state index is 8.56. The van der Waals surface area contributed by atoms with Crippen molar-refractivity contribution in [2.45, 2.75) is 0 Å². The van der Waals surface area contributed by atoms with Crippen LogP contribution in [-0.4, -0.2) is 26.5 Å². The van der Waals surface area contributed by atoms with Crippen molar-refractivity contribution in [2.75, 3.05) is 0 Å². The maximum absolute atomic E-state index is 8.56. The van der Waals surface area contributed by atoms with Gasteiger partial charge in [0, 0.05) is 0 Å². The third-order valence-corrected chi connectivity index (χ3v) is 0. The van der Waals surface area contributed by atoms with Crippen molar-refractivity contribution >= 4 is 16.3 Å². The minimum absolute atomic E-state index is 0. The molecule has 24 valence electrons. The van der Waals surface area contributed by atoms with Crippen molar-refractivity contribution in [2.24, 2.45) is 0 Å². The Labute approximate surface area is 32.5 Å². The Balaban J connectivity index is 0. The third kappa shape index (κ3) is 22.6. The molecule has 0 aromatic rings. The Morgan fingerprint density at radius 3 is 1.40 bits per heavy atom. The predicted octanol–water partition coefficient (Wildman–Crippen LogP) is -0.158. The quantitative estimate of drug-likeness (QED) is 0.390. The monoisotopic (exact) mass is 71.0 g/mol. The molecule has 0 fully saturated rings. The average Bonchev–Trinajstić information content (AvgIpc) is 0.811. The fourth-order valence-corrected chi connectivity index (χ4v) is 0. The predicted molar refractivity (Wildman–Crippen MR) is 16.4 cm³/mol. The average molecular weight is 71.0 g/mol. The molecule has 0 bridgehead atoms. The van der Waals surface area contributed by atoms with Crippen LogP contribution in [0.15, 0.2) is 0 Å². The van der Waals surface area contributed by atoms with Gasteiger partial charge in [-0.3, -0.25) is 0 Å². The molecular formula is CH2BeO3+2. The van der Waals surface area contributed by atoms with E-state index in [9.17, 15) is 0 Å². The minimum Gasteiger partial charge on any atom is -0.450 e. The molecule has 0 saturated heterocycles. The van der Waals surface area contributed by atoms with Gasteiger partial charge in [0.25, 0.3) is 0 Å². The van der Waals surface area contributed by atoms with Gasteiger partial charge < -0.3 is 10.2 Å². The molecule has 0 aromatic heterocycles. The molecule has 0 heterocycles. The normalized spacial score (nSPS) is 4.80. The van der Waals surface area contributed by atoms with Gasteiger partial charge in [-0.05, 0) is 0 Å². The molecule has 5 heavy (non-hydrogen) atoms. The van der Waals surface area contributed by atoms with Gasteiger partial charge in [-0.15, -0.1) is 0 Å². The van der Waals surface area contributed by atoms with E-state index in [1.54, 1.807) is 0 Å². The topological polar surface area (TPSA) is 57.5 Å². The summed E-state index contributed by atoms with van der Waals surface area (Å²) in [4.78, 5) is 8.56. The van der Waals surface area contributed by atoms with Crippen LogP contribution in [0.5, 0.6) is 0 Å². The second kappa shape index (κ2) is 3.44. The molecule has 3 nitrogen and oxygen atoms in total. The van der Waals surface area contributed by atoms with Gasteiger partial charge in [-0.2, -0.15) is 0 Å². The standard InChI is InChI=1S/CH2O3.Be/c2-1(3)4;/h(H2,2,3,4);/q;+2. The first-order valence-corrected chi connectivity index (χ1v) is 0.651. The third-order valence-electron chi connectivity index (χ3n) is 0. The van der Waals surface area contributed by atoms with Gasteiger partial charge >= 0.3 is 16.3 Å². The molecule has 0 aliphatic heterocycles. The Bertz CT molecular complexity index is 29.9. The molecule has 0 radical (unpaired) electrons. The number of hydrogen-bond donors (Lipinski definition) is 2. The Hall–Kier alpha value is -0.561. The second-order valence-corrected chi connectivity index (χ2v) is 0.283. The first-order valence-electron chi connectivity index (χ1n) is 0.651. The van der Waals surface area contributed by atoms with Crippen LogP contribution in [0, 0.1) is 0 Å². The van der Waals surface area contributed by atoms with E-state index in [4.69, 9.17) is 15.0 Å². The van der Waals surface area contributed by atoms with Crippen LogP contribution in [-0.2, 0) is 0 Å². The SMILES string of the molecule is O=C(O)O.[Be+2]. The second-order valence-electron chi connectivity index (χ2n) is 0.283. The van der Waals surface area contributed by atoms with E-state index in [-0.39, 0.29) is 10.1 Å². The van der Waals surface area contributed by atoms with Crippen molar-refractivity contribution in [3.8, 4) is 0 Å². The van der Waals surface area contributed by atoms with E-state index in [1.165, 1.54) is 0 Å². The Kier molecular flexibility index (Phi) is 6.07. The van der Waals surface area contributed by atoms with Crippen LogP contribution in [0.2, 0.25) is 0 Å². The summed E-state index contributed by atoms with van der Waals surface area (Å²) in [7, 11) is 0. The van der Waals surface area contributed by atoms with Crippen molar-refractivity contribution in [1.82, 2.24) is 0 Å². The van der Waals surface area contributed by atoms with Gasteiger partial charge in [-0.1, -0.05) is 0 Å². The molecule has 0 aromatic carbocycles. The van der Waals surface area contributed by atoms with E-state index in [0.717, 1.165) is 0 Å². The Morgan fingerprint density at radius 1 is 1.40 bits per heavy atom. The van der Waals surface area contributed by atoms with Crippen molar-refractivity contribution < 1.29 is 15.0 Å². The molecule has 4 heteroatoms. The largest absolute Gasteiger partial charge is 2.00 e. The molecule has 2 N–H and O–H groups in total. The molecule has 0 amide bonds. The molecular weight excluding hydrogens is 69.0 g/mol. The fourth-order valence-electron chi connectivity index (χ4n) is 0. The molecule has 0 atom stereocenters. The van der Waals surface area contributed by atoms with E-state index < -0.39 is 6.16 Å². The van der Waals surface area contributed by atoms with Crippen molar-refractivity contribution in [3.63, 3.8) is 0 Å². The van der Waals surface area contributed by atoms with Gasteiger partial charge in [0.2, 0.25) is 0 Å². The van der Waals surface area contributed by atoms with Crippen LogP contribution >= 0.6 is 0 Å². The van der Waals surface area contributed by atoms with Gasteiger partial charge in [0.05, 0.1) is 0 Å². The van der Waals surface area contributed by atoms with Crippen LogP contribution in [0.25, 0.3) is 0 Å². The summed E-state index contributed by atoms with van der Waals surface area (Å²) < 4.78 is 0. The van der Waals surface area contributed by atoms with Gasteiger partial charge in [0.1, 0.15) is 0 Å². The molecule has 0 aliphatic rings. The van der Waals surface area contributed by atoms with Crippen LogP contribution in [0.3, 0.4) is 0 Å². The number of rotatable bonds is 0. The summed E-state index contributed by atoms with van der Waals surface area (Å²) in [5, 5.41) is 13.9. The van der Waals surface area contributed by atoms with Crippen LogP contribution < -0.4 is 0 Å². The first-order chi connectivity index (χ1) is 1.73. The maximum Gasteiger partial charge on any atom is 2.00 e. The Morgan fingerprint density at radius 2 is 1.40 bits per heavy atom. The number of hydrogen-bond acceptors (Lipinski definition) is 1. The number of carboxylic acid groups (broad SMARTS) is 2. The van der Waals surface area contributed by atoms with Gasteiger partial charge in [-0.25, -0.2) is 4.79 Å². The van der Waals surface area contributed by atoms with E-state index in [2.05, 4.69) is 0 Å². The van der Waals surface area contributed by atoms with E-state index in [1.807, 2.05) is 0 Å². The smallest absolute Gasteiger partial charge is 0.450 e. The van der Waals surface area contributed by atoms with Crippen LogP contribution in [0.4, 0.5) is 4.79 Å². The molecule has 0 saturated carbocycles. The fraction of sp³-hybridized carbons (Fsp3) is 0. The molecule has 0 rings (SSSR count). The summed E-state index contributed by atoms with van der Waals surface area (Å²) in [6.45, 7) is 0. The molecule has 0 aliphatic carbocycles. The van der Waals surface area contributed by atoms with Gasteiger partial charge in [0.15, 0.2) is 0 Å². The number of carbonyl (C=O) groups is 1. The van der Waals surface area contributed by atoms with Crippen LogP contribution in [0.1, 0.15) is 0 Å². The summed E-state index contributed by atoms with van der Waals surface area (Å²) in [6, 6.07) is 0. The zero-order chi connectivity index (χ0) is 3.58. The van der Waals surface area contributed by atoms with Crippen molar-refractivity contribution in [1.29, 1.82) is 0 Å². The minimum atomic E-state index is -1.83. The summed E-state index contributed by atoms with van der Waals surface area (Å²) in [6.07, 6.45) is -1.83. The summed E-state index contributed by atoms with van der Waals surface area (Å²) in [5.74, 6) is 0. The first kappa shape index (κ1) is 8.83. The summed E-state index contributed by atoms with van der Waals surface area (Å²) in [5.41, 5.74) is 0. The zero-order valence-electron chi connectivity index (χ0n) is 2.51. The van der Waals surface area contributed by atoms with E-state index in [0.29, 0.717) is 0 Å². The zero-order valence-corrected chi connectivity index (χ0v) is 2.51. The van der Waals surface area contributed by atoms with E-state index >= 15 is 0 Å². The molecule has 0 spiro atoms. The molecule has 0 unspecified atom stereocenters. The summed E-state index contributed by atoms with van der Waals surface area (Å²) >= 11 is 0.